The van der Waals surface area contributed by atoms with Crippen LogP contribution < -0.4 is 5.73 Å². The molecule has 116 valence electrons. The van der Waals surface area contributed by atoms with Gasteiger partial charge in [0, 0.05) is 18.3 Å². The van der Waals surface area contributed by atoms with Crippen molar-refractivity contribution in [3.63, 3.8) is 0 Å². The fraction of sp³-hybridized carbons (Fsp3) is 0.500. The number of aromatic carboxylic acids is 1. The molecule has 1 aromatic rings. The van der Waals surface area contributed by atoms with E-state index in [1.165, 1.54) is 22.5 Å². The number of carbonyl (C=O) groups is 1. The summed E-state index contributed by atoms with van der Waals surface area (Å²) in [4.78, 5) is 11.1. The number of sulfonamides is 1. The topological polar surface area (TPSA) is 101 Å². The lowest BCUT2D eigenvalue weighted by Crippen LogP contribution is -2.39. The lowest BCUT2D eigenvalue weighted by molar-refractivity contribution is 0.0692. The number of rotatable bonds is 5. The fourth-order valence-corrected chi connectivity index (χ4v) is 4.79. The van der Waals surface area contributed by atoms with Crippen molar-refractivity contribution >= 4 is 21.7 Å². The van der Waals surface area contributed by atoms with Crippen LogP contribution in [0.15, 0.2) is 23.1 Å². The third-order valence-corrected chi connectivity index (χ3v) is 5.93. The monoisotopic (exact) mass is 312 g/mol. The minimum Gasteiger partial charge on any atom is -0.478 e. The number of anilines is 1. The van der Waals surface area contributed by atoms with Crippen LogP contribution in [0, 0.1) is 0 Å². The van der Waals surface area contributed by atoms with Gasteiger partial charge >= 0.3 is 5.97 Å². The van der Waals surface area contributed by atoms with E-state index < -0.39 is 16.0 Å². The van der Waals surface area contributed by atoms with Crippen molar-refractivity contribution in [2.75, 3.05) is 12.3 Å². The van der Waals surface area contributed by atoms with Gasteiger partial charge in [-0.3, -0.25) is 0 Å². The van der Waals surface area contributed by atoms with E-state index in [1.807, 2.05) is 0 Å². The van der Waals surface area contributed by atoms with Crippen molar-refractivity contribution in [3.8, 4) is 0 Å². The first-order valence-electron chi connectivity index (χ1n) is 7.02. The second-order valence-corrected chi connectivity index (χ2v) is 7.07. The van der Waals surface area contributed by atoms with Gasteiger partial charge in [-0.15, -0.1) is 0 Å². The van der Waals surface area contributed by atoms with E-state index in [2.05, 4.69) is 0 Å². The molecule has 0 aromatic heterocycles. The Morgan fingerprint density at radius 1 is 1.38 bits per heavy atom. The first-order chi connectivity index (χ1) is 9.87. The first kappa shape index (κ1) is 15.8. The summed E-state index contributed by atoms with van der Waals surface area (Å²) >= 11 is 0. The lowest BCUT2D eigenvalue weighted by atomic mass is 10.2. The average Bonchev–Trinajstić information content (AvgIpc) is 2.92. The maximum atomic E-state index is 12.8. The molecule has 0 aliphatic heterocycles. The van der Waals surface area contributed by atoms with Crippen LogP contribution in [0.1, 0.15) is 43.0 Å². The number of nitrogen functional groups attached to an aromatic ring is 1. The fourth-order valence-electron chi connectivity index (χ4n) is 2.87. The predicted molar refractivity (Wildman–Crippen MR) is 79.6 cm³/mol. The second-order valence-electron chi connectivity index (χ2n) is 5.21. The van der Waals surface area contributed by atoms with Crippen molar-refractivity contribution in [2.45, 2.75) is 43.5 Å². The molecule has 0 atom stereocenters. The smallest absolute Gasteiger partial charge is 0.337 e. The summed E-state index contributed by atoms with van der Waals surface area (Å²) in [5, 5.41) is 9.22. The summed E-state index contributed by atoms with van der Waals surface area (Å²) in [5.41, 5.74) is 5.65. The Bertz CT molecular complexity index is 636. The SMILES string of the molecule is CCN(C1CCCC1)S(=O)(=O)c1cc(N)ccc1C(=O)O. The third-order valence-electron chi connectivity index (χ3n) is 3.87. The van der Waals surface area contributed by atoms with Crippen LogP contribution in [0.4, 0.5) is 5.69 Å². The molecule has 0 unspecified atom stereocenters. The van der Waals surface area contributed by atoms with Gasteiger partial charge in [-0.25, -0.2) is 13.2 Å². The van der Waals surface area contributed by atoms with Gasteiger partial charge in [0.2, 0.25) is 10.0 Å². The minimum absolute atomic E-state index is 0.0527. The lowest BCUT2D eigenvalue weighted by Gasteiger charge is -2.27. The Morgan fingerprint density at radius 3 is 2.52 bits per heavy atom. The molecule has 7 heteroatoms. The summed E-state index contributed by atoms with van der Waals surface area (Å²) < 4.78 is 27.1. The van der Waals surface area contributed by atoms with Crippen molar-refractivity contribution in [1.29, 1.82) is 0 Å². The van der Waals surface area contributed by atoms with Gasteiger partial charge in [0.15, 0.2) is 0 Å². The van der Waals surface area contributed by atoms with Crippen LogP contribution >= 0.6 is 0 Å². The first-order valence-corrected chi connectivity index (χ1v) is 8.46. The molecule has 2 rings (SSSR count). The number of benzene rings is 1. The molecule has 1 aromatic carbocycles. The third kappa shape index (κ3) is 3.03. The largest absolute Gasteiger partial charge is 0.478 e. The number of nitrogens with two attached hydrogens (primary N) is 1. The zero-order valence-corrected chi connectivity index (χ0v) is 12.8. The highest BCUT2D eigenvalue weighted by atomic mass is 32.2. The zero-order valence-electron chi connectivity index (χ0n) is 11.9. The summed E-state index contributed by atoms with van der Waals surface area (Å²) in [6.45, 7) is 2.09. The van der Waals surface area contributed by atoms with Gasteiger partial charge in [-0.05, 0) is 31.0 Å². The maximum absolute atomic E-state index is 12.8. The zero-order chi connectivity index (χ0) is 15.6. The van der Waals surface area contributed by atoms with Crippen molar-refractivity contribution in [1.82, 2.24) is 4.31 Å². The molecule has 1 aliphatic rings. The van der Waals surface area contributed by atoms with E-state index in [1.54, 1.807) is 6.92 Å². The standard InChI is InChI=1S/C14H20N2O4S/c1-2-16(11-5-3-4-6-11)21(19,20)13-9-10(15)7-8-12(13)14(17)18/h7-9,11H,2-6,15H2,1H3,(H,17,18). The molecule has 6 nitrogen and oxygen atoms in total. The average molecular weight is 312 g/mol. The number of hydrogen-bond acceptors (Lipinski definition) is 4. The Morgan fingerprint density at radius 2 is 2.00 bits per heavy atom. The molecule has 0 spiro atoms. The molecular weight excluding hydrogens is 292 g/mol. The molecule has 0 radical (unpaired) electrons. The second kappa shape index (κ2) is 6.03. The summed E-state index contributed by atoms with van der Waals surface area (Å²) in [6.07, 6.45) is 3.63. The molecule has 1 saturated carbocycles. The van der Waals surface area contributed by atoms with Crippen LogP contribution in [0.2, 0.25) is 0 Å². The quantitative estimate of drug-likeness (QED) is 0.809. The normalized spacial score (nSPS) is 16.5. The van der Waals surface area contributed by atoms with Gasteiger partial charge in [0.05, 0.1) is 10.5 Å². The molecule has 0 saturated heterocycles. The van der Waals surface area contributed by atoms with Crippen LogP contribution in [0.25, 0.3) is 0 Å². The van der Waals surface area contributed by atoms with Crippen LogP contribution in [-0.4, -0.2) is 36.4 Å². The molecular formula is C14H20N2O4S. The van der Waals surface area contributed by atoms with Crippen molar-refractivity contribution in [2.24, 2.45) is 0 Å². The van der Waals surface area contributed by atoms with Crippen molar-refractivity contribution < 1.29 is 18.3 Å². The number of carboxylic acid groups (broad SMARTS) is 1. The summed E-state index contributed by atoms with van der Waals surface area (Å²) in [5.74, 6) is -1.27. The van der Waals surface area contributed by atoms with E-state index in [9.17, 15) is 18.3 Å². The highest BCUT2D eigenvalue weighted by Crippen LogP contribution is 2.30. The summed E-state index contributed by atoms with van der Waals surface area (Å²) in [6, 6.07) is 3.82. The highest BCUT2D eigenvalue weighted by molar-refractivity contribution is 7.89. The van der Waals surface area contributed by atoms with Gasteiger partial charge < -0.3 is 10.8 Å². The molecule has 21 heavy (non-hydrogen) atoms. The van der Waals surface area contributed by atoms with E-state index in [0.29, 0.717) is 6.54 Å². The summed E-state index contributed by atoms with van der Waals surface area (Å²) in [7, 11) is -3.86. The molecule has 0 bridgehead atoms. The Labute approximate surface area is 124 Å². The van der Waals surface area contributed by atoms with Crippen LogP contribution in [0.3, 0.4) is 0 Å². The van der Waals surface area contributed by atoms with Gasteiger partial charge in [0.1, 0.15) is 0 Å². The van der Waals surface area contributed by atoms with E-state index >= 15 is 0 Å². The highest BCUT2D eigenvalue weighted by Gasteiger charge is 2.34. The number of carboxylic acids is 1. The Balaban J connectivity index is 2.51. The van der Waals surface area contributed by atoms with E-state index in [4.69, 9.17) is 5.73 Å². The Kier molecular flexibility index (Phi) is 4.53. The van der Waals surface area contributed by atoms with Crippen LogP contribution in [-0.2, 0) is 10.0 Å². The van der Waals surface area contributed by atoms with Crippen molar-refractivity contribution in [3.05, 3.63) is 23.8 Å². The van der Waals surface area contributed by atoms with Crippen LogP contribution in [0.5, 0.6) is 0 Å². The Hall–Kier alpha value is -1.60. The predicted octanol–water partition coefficient (Wildman–Crippen LogP) is 1.92. The van der Waals surface area contributed by atoms with Gasteiger partial charge in [-0.2, -0.15) is 4.31 Å². The molecule has 1 aliphatic carbocycles. The van der Waals surface area contributed by atoms with E-state index in [0.717, 1.165) is 25.7 Å². The maximum Gasteiger partial charge on any atom is 0.337 e. The molecule has 3 N–H and O–H groups in total. The van der Waals surface area contributed by atoms with E-state index in [-0.39, 0.29) is 22.2 Å². The van der Waals surface area contributed by atoms with Gasteiger partial charge in [-0.1, -0.05) is 19.8 Å². The molecule has 1 fully saturated rings. The van der Waals surface area contributed by atoms with Gasteiger partial charge in [0.25, 0.3) is 0 Å². The molecule has 0 heterocycles. The molecule has 0 amide bonds. The number of nitrogens with zero attached hydrogens (tertiary/aromatic N) is 1. The number of hydrogen-bond donors (Lipinski definition) is 2. The minimum atomic E-state index is -3.86.